The Morgan fingerprint density at radius 2 is 1.96 bits per heavy atom. The van der Waals surface area contributed by atoms with Gasteiger partial charge in [-0.25, -0.2) is 9.78 Å². The van der Waals surface area contributed by atoms with Gasteiger partial charge in [0.1, 0.15) is 6.61 Å². The largest absolute Gasteiger partial charge is 0.448 e. The molecule has 1 N–H and O–H groups in total. The van der Waals surface area contributed by atoms with Crippen LogP contribution in [-0.2, 0) is 16.1 Å². The van der Waals surface area contributed by atoms with Gasteiger partial charge in [0.15, 0.2) is 0 Å². The Bertz CT molecular complexity index is 823. The Morgan fingerprint density at radius 3 is 2.68 bits per heavy atom. The standard InChI is InChI=1S/C21H24FN3O3/c1-15-11-17(19(22)23-12-15)13-24-20(26)18(16-7-3-2-4-8-16)14-28-21(27)25-9-5-6-10-25/h2-4,7-8,11-12,18H,5-6,9-10,13-14H2,1H3,(H,24,26)/t18-/m1/s1. The maximum absolute atomic E-state index is 13.8. The molecule has 3 rings (SSSR count). The highest BCUT2D eigenvalue weighted by atomic mass is 19.1. The second-order valence-corrected chi connectivity index (χ2v) is 6.91. The first-order chi connectivity index (χ1) is 13.5. The van der Waals surface area contributed by atoms with Gasteiger partial charge < -0.3 is 15.0 Å². The van der Waals surface area contributed by atoms with E-state index in [1.165, 1.54) is 6.20 Å². The SMILES string of the molecule is Cc1cnc(F)c(CNC(=O)[C@H](COC(=O)N2CCCC2)c2ccccc2)c1. The van der Waals surface area contributed by atoms with Gasteiger partial charge in [0.25, 0.3) is 0 Å². The van der Waals surface area contributed by atoms with E-state index in [9.17, 15) is 14.0 Å². The van der Waals surface area contributed by atoms with Gasteiger partial charge in [-0.2, -0.15) is 4.39 Å². The van der Waals surface area contributed by atoms with E-state index >= 15 is 0 Å². The summed E-state index contributed by atoms with van der Waals surface area (Å²) in [5.41, 5.74) is 1.86. The first-order valence-corrected chi connectivity index (χ1v) is 9.40. The van der Waals surface area contributed by atoms with Crippen molar-refractivity contribution in [1.82, 2.24) is 15.2 Å². The molecule has 7 heteroatoms. The Morgan fingerprint density at radius 1 is 1.25 bits per heavy atom. The van der Waals surface area contributed by atoms with E-state index in [4.69, 9.17) is 4.74 Å². The molecule has 0 spiro atoms. The molecule has 148 valence electrons. The molecule has 1 aromatic heterocycles. The molecule has 28 heavy (non-hydrogen) atoms. The van der Waals surface area contributed by atoms with Crippen molar-refractivity contribution >= 4 is 12.0 Å². The van der Waals surface area contributed by atoms with Crippen molar-refractivity contribution in [3.8, 4) is 0 Å². The molecule has 1 aliphatic rings. The predicted molar refractivity (Wildman–Crippen MR) is 102 cm³/mol. The number of hydrogen-bond acceptors (Lipinski definition) is 4. The number of carbonyl (C=O) groups excluding carboxylic acids is 2. The fourth-order valence-electron chi connectivity index (χ4n) is 3.20. The highest BCUT2D eigenvalue weighted by molar-refractivity contribution is 5.84. The van der Waals surface area contributed by atoms with Crippen molar-refractivity contribution in [3.63, 3.8) is 0 Å². The molecule has 0 bridgehead atoms. The molecule has 1 aliphatic heterocycles. The average molecular weight is 385 g/mol. The summed E-state index contributed by atoms with van der Waals surface area (Å²) in [5.74, 6) is -1.61. The maximum Gasteiger partial charge on any atom is 0.409 e. The minimum absolute atomic E-state index is 0.0166. The fraction of sp³-hybridized carbons (Fsp3) is 0.381. The third-order valence-corrected chi connectivity index (χ3v) is 4.76. The highest BCUT2D eigenvalue weighted by Gasteiger charge is 2.25. The Hall–Kier alpha value is -2.96. The van der Waals surface area contributed by atoms with Gasteiger partial charge in [0.2, 0.25) is 11.9 Å². The van der Waals surface area contributed by atoms with E-state index in [1.807, 2.05) is 37.3 Å². The minimum Gasteiger partial charge on any atom is -0.448 e. The van der Waals surface area contributed by atoms with Crippen molar-refractivity contribution in [2.75, 3.05) is 19.7 Å². The van der Waals surface area contributed by atoms with Gasteiger partial charge in [-0.05, 0) is 37.0 Å². The lowest BCUT2D eigenvalue weighted by Gasteiger charge is -2.20. The van der Waals surface area contributed by atoms with Gasteiger partial charge >= 0.3 is 6.09 Å². The Kier molecular flexibility index (Phi) is 6.57. The molecule has 0 saturated carbocycles. The summed E-state index contributed by atoms with van der Waals surface area (Å²) in [4.78, 5) is 30.3. The van der Waals surface area contributed by atoms with E-state index in [0.29, 0.717) is 18.7 Å². The van der Waals surface area contributed by atoms with Crippen LogP contribution < -0.4 is 5.32 Å². The van der Waals surface area contributed by atoms with Crippen LogP contribution in [0.4, 0.5) is 9.18 Å². The number of aryl methyl sites for hydroxylation is 1. The number of rotatable bonds is 6. The van der Waals surface area contributed by atoms with Crippen molar-refractivity contribution in [2.24, 2.45) is 0 Å². The molecule has 0 unspecified atom stereocenters. The van der Waals surface area contributed by atoms with Gasteiger partial charge in [0.05, 0.1) is 5.92 Å². The van der Waals surface area contributed by atoms with Crippen LogP contribution in [0.2, 0.25) is 0 Å². The number of nitrogens with zero attached hydrogens (tertiary/aromatic N) is 2. The number of likely N-dealkylation sites (tertiary alicyclic amines) is 1. The van der Waals surface area contributed by atoms with Gasteiger partial charge in [-0.3, -0.25) is 4.79 Å². The van der Waals surface area contributed by atoms with E-state index in [0.717, 1.165) is 24.0 Å². The predicted octanol–water partition coefficient (Wildman–Crippen LogP) is 3.16. The Balaban J connectivity index is 1.66. The lowest BCUT2D eigenvalue weighted by Crippen LogP contribution is -2.35. The van der Waals surface area contributed by atoms with E-state index in [2.05, 4.69) is 10.3 Å². The third-order valence-electron chi connectivity index (χ3n) is 4.76. The van der Waals surface area contributed by atoms with Crippen LogP contribution >= 0.6 is 0 Å². The number of aromatic nitrogens is 1. The number of carbonyl (C=O) groups is 2. The first kappa shape index (κ1) is 19.8. The molecule has 6 nitrogen and oxygen atoms in total. The van der Waals surface area contributed by atoms with Crippen LogP contribution in [-0.4, -0.2) is 41.6 Å². The monoisotopic (exact) mass is 385 g/mol. The molecule has 0 radical (unpaired) electrons. The summed E-state index contributed by atoms with van der Waals surface area (Å²) in [6, 6.07) is 10.8. The number of benzene rings is 1. The number of nitrogens with one attached hydrogen (secondary N) is 1. The summed E-state index contributed by atoms with van der Waals surface area (Å²) in [5, 5.41) is 2.74. The van der Waals surface area contributed by atoms with Crippen LogP contribution in [0, 0.1) is 12.9 Å². The van der Waals surface area contributed by atoms with E-state index < -0.39 is 18.0 Å². The molecular formula is C21H24FN3O3. The molecular weight excluding hydrogens is 361 g/mol. The molecule has 1 aromatic carbocycles. The van der Waals surface area contributed by atoms with Crippen LogP contribution in [0.15, 0.2) is 42.6 Å². The molecule has 1 atom stereocenters. The number of amides is 2. The zero-order valence-electron chi connectivity index (χ0n) is 15.9. The number of pyridine rings is 1. The second kappa shape index (κ2) is 9.30. The van der Waals surface area contributed by atoms with E-state index in [-0.39, 0.29) is 19.1 Å². The number of hydrogen-bond donors (Lipinski definition) is 1. The second-order valence-electron chi connectivity index (χ2n) is 6.91. The molecule has 0 aliphatic carbocycles. The zero-order chi connectivity index (χ0) is 19.9. The molecule has 1 fully saturated rings. The summed E-state index contributed by atoms with van der Waals surface area (Å²) in [7, 11) is 0. The molecule has 2 amide bonds. The summed E-state index contributed by atoms with van der Waals surface area (Å²) >= 11 is 0. The van der Waals surface area contributed by atoms with Crippen LogP contribution in [0.1, 0.15) is 35.4 Å². The topological polar surface area (TPSA) is 71.5 Å². The quantitative estimate of drug-likeness (QED) is 0.776. The number of halogens is 1. The zero-order valence-corrected chi connectivity index (χ0v) is 15.9. The molecule has 1 saturated heterocycles. The lowest BCUT2D eigenvalue weighted by atomic mass is 9.99. The van der Waals surface area contributed by atoms with Gasteiger partial charge in [-0.15, -0.1) is 0 Å². The average Bonchev–Trinajstić information content (AvgIpc) is 3.24. The normalized spacial score (nSPS) is 14.6. The van der Waals surface area contributed by atoms with Gasteiger partial charge in [0, 0.05) is 31.4 Å². The maximum atomic E-state index is 13.8. The minimum atomic E-state index is -0.673. The highest BCUT2D eigenvalue weighted by Crippen LogP contribution is 2.18. The van der Waals surface area contributed by atoms with Crippen molar-refractivity contribution in [3.05, 3.63) is 65.2 Å². The first-order valence-electron chi connectivity index (χ1n) is 9.40. The van der Waals surface area contributed by atoms with Crippen LogP contribution in [0.5, 0.6) is 0 Å². The van der Waals surface area contributed by atoms with Crippen molar-refractivity contribution in [1.29, 1.82) is 0 Å². The number of ether oxygens (including phenoxy) is 1. The van der Waals surface area contributed by atoms with Crippen LogP contribution in [0.3, 0.4) is 0 Å². The van der Waals surface area contributed by atoms with E-state index in [1.54, 1.807) is 11.0 Å². The third kappa shape index (κ3) is 5.06. The fourth-order valence-corrected chi connectivity index (χ4v) is 3.20. The van der Waals surface area contributed by atoms with Crippen LogP contribution in [0.25, 0.3) is 0 Å². The smallest absolute Gasteiger partial charge is 0.409 e. The van der Waals surface area contributed by atoms with Crippen molar-refractivity contribution in [2.45, 2.75) is 32.2 Å². The Labute approximate surface area is 163 Å². The van der Waals surface area contributed by atoms with Crippen molar-refractivity contribution < 1.29 is 18.7 Å². The molecule has 2 heterocycles. The molecule has 2 aromatic rings. The summed E-state index contributed by atoms with van der Waals surface area (Å²) in [6.45, 7) is 3.12. The summed E-state index contributed by atoms with van der Waals surface area (Å²) in [6.07, 6.45) is 2.97. The lowest BCUT2D eigenvalue weighted by molar-refractivity contribution is -0.123. The van der Waals surface area contributed by atoms with Gasteiger partial charge in [-0.1, -0.05) is 30.3 Å². The summed E-state index contributed by atoms with van der Waals surface area (Å²) < 4.78 is 19.2.